The standard InChI is InChI=1S/C11H17ClN2/c1-5-6-8-7-9(12)14-10(13-8)11(2,3)4/h7H,5-6H2,1-4H3. The summed E-state index contributed by atoms with van der Waals surface area (Å²) in [5.41, 5.74) is 1.00. The van der Waals surface area contributed by atoms with Crippen molar-refractivity contribution in [2.45, 2.75) is 46.0 Å². The van der Waals surface area contributed by atoms with Gasteiger partial charge < -0.3 is 0 Å². The van der Waals surface area contributed by atoms with Crippen molar-refractivity contribution in [2.24, 2.45) is 0 Å². The minimum atomic E-state index is -0.0343. The second-order valence-corrected chi connectivity index (χ2v) is 4.89. The van der Waals surface area contributed by atoms with E-state index in [2.05, 4.69) is 37.7 Å². The van der Waals surface area contributed by atoms with Gasteiger partial charge in [-0.2, -0.15) is 0 Å². The molecule has 0 amide bonds. The maximum Gasteiger partial charge on any atom is 0.135 e. The predicted octanol–water partition coefficient (Wildman–Crippen LogP) is 3.38. The van der Waals surface area contributed by atoms with Gasteiger partial charge in [-0.1, -0.05) is 45.7 Å². The molecule has 3 heteroatoms. The minimum absolute atomic E-state index is 0.0343. The predicted molar refractivity (Wildman–Crippen MR) is 59.7 cm³/mol. The smallest absolute Gasteiger partial charge is 0.135 e. The van der Waals surface area contributed by atoms with Crippen molar-refractivity contribution in [3.8, 4) is 0 Å². The number of nitrogens with zero attached hydrogens (tertiary/aromatic N) is 2. The fourth-order valence-corrected chi connectivity index (χ4v) is 1.39. The van der Waals surface area contributed by atoms with Crippen molar-refractivity contribution in [1.82, 2.24) is 9.97 Å². The molecule has 1 heterocycles. The molecule has 0 aliphatic heterocycles. The van der Waals surface area contributed by atoms with E-state index in [1.165, 1.54) is 0 Å². The Hall–Kier alpha value is -0.630. The molecule has 0 bridgehead atoms. The van der Waals surface area contributed by atoms with E-state index in [-0.39, 0.29) is 5.41 Å². The number of hydrogen-bond acceptors (Lipinski definition) is 2. The molecule has 0 saturated heterocycles. The van der Waals surface area contributed by atoms with Gasteiger partial charge in [0, 0.05) is 11.1 Å². The van der Waals surface area contributed by atoms with E-state index in [0.717, 1.165) is 24.4 Å². The molecule has 1 aromatic heterocycles. The third-order valence-electron chi connectivity index (χ3n) is 1.92. The molecular weight excluding hydrogens is 196 g/mol. The highest BCUT2D eigenvalue weighted by Gasteiger charge is 2.18. The van der Waals surface area contributed by atoms with Gasteiger partial charge in [-0.3, -0.25) is 0 Å². The van der Waals surface area contributed by atoms with Gasteiger partial charge in [-0.05, 0) is 12.5 Å². The third kappa shape index (κ3) is 2.95. The van der Waals surface area contributed by atoms with Gasteiger partial charge in [-0.15, -0.1) is 0 Å². The van der Waals surface area contributed by atoms with E-state index in [0.29, 0.717) is 5.15 Å². The van der Waals surface area contributed by atoms with Crippen LogP contribution in [0.4, 0.5) is 0 Å². The summed E-state index contributed by atoms with van der Waals surface area (Å²) in [5.74, 6) is 0.827. The highest BCUT2D eigenvalue weighted by atomic mass is 35.5. The van der Waals surface area contributed by atoms with Crippen LogP contribution in [0.3, 0.4) is 0 Å². The molecule has 0 saturated carbocycles. The number of rotatable bonds is 2. The second-order valence-electron chi connectivity index (χ2n) is 4.51. The molecule has 0 aromatic carbocycles. The van der Waals surface area contributed by atoms with E-state index < -0.39 is 0 Å². The maximum atomic E-state index is 5.94. The fourth-order valence-electron chi connectivity index (χ4n) is 1.18. The summed E-state index contributed by atoms with van der Waals surface area (Å²) in [6.45, 7) is 8.41. The lowest BCUT2D eigenvalue weighted by atomic mass is 9.95. The maximum absolute atomic E-state index is 5.94. The molecule has 1 aromatic rings. The largest absolute Gasteiger partial charge is 0.237 e. The van der Waals surface area contributed by atoms with Crippen LogP contribution in [0.5, 0.6) is 0 Å². The lowest BCUT2D eigenvalue weighted by Crippen LogP contribution is -2.17. The summed E-state index contributed by atoms with van der Waals surface area (Å²) in [6, 6.07) is 1.85. The number of halogens is 1. The number of aromatic nitrogens is 2. The van der Waals surface area contributed by atoms with Crippen LogP contribution in [0.15, 0.2) is 6.07 Å². The average Bonchev–Trinajstić information content (AvgIpc) is 2.02. The normalized spacial score (nSPS) is 11.8. The van der Waals surface area contributed by atoms with Gasteiger partial charge in [-0.25, -0.2) is 9.97 Å². The Morgan fingerprint density at radius 1 is 1.29 bits per heavy atom. The summed E-state index contributed by atoms with van der Waals surface area (Å²) >= 11 is 5.94. The first-order chi connectivity index (χ1) is 6.43. The van der Waals surface area contributed by atoms with Crippen molar-refractivity contribution in [1.29, 1.82) is 0 Å². The molecule has 1 rings (SSSR count). The summed E-state index contributed by atoms with van der Waals surface area (Å²) in [4.78, 5) is 8.74. The minimum Gasteiger partial charge on any atom is -0.237 e. The quantitative estimate of drug-likeness (QED) is 0.703. The second kappa shape index (κ2) is 4.26. The third-order valence-corrected chi connectivity index (χ3v) is 2.12. The Morgan fingerprint density at radius 3 is 2.43 bits per heavy atom. The average molecular weight is 213 g/mol. The highest BCUT2D eigenvalue weighted by molar-refractivity contribution is 6.29. The van der Waals surface area contributed by atoms with Gasteiger partial charge in [0.2, 0.25) is 0 Å². The van der Waals surface area contributed by atoms with Gasteiger partial charge in [0.1, 0.15) is 11.0 Å². The topological polar surface area (TPSA) is 25.8 Å². The van der Waals surface area contributed by atoms with Crippen molar-refractivity contribution in [3.05, 3.63) is 22.7 Å². The Bertz CT molecular complexity index is 316. The van der Waals surface area contributed by atoms with E-state index >= 15 is 0 Å². The van der Waals surface area contributed by atoms with Crippen LogP contribution in [-0.2, 0) is 11.8 Å². The summed E-state index contributed by atoms with van der Waals surface area (Å²) in [6.07, 6.45) is 2.04. The van der Waals surface area contributed by atoms with Gasteiger partial charge >= 0.3 is 0 Å². The molecule has 2 nitrogen and oxygen atoms in total. The summed E-state index contributed by atoms with van der Waals surface area (Å²) in [7, 11) is 0. The lowest BCUT2D eigenvalue weighted by molar-refractivity contribution is 0.541. The molecule has 0 N–H and O–H groups in total. The first-order valence-electron chi connectivity index (χ1n) is 4.97. The zero-order chi connectivity index (χ0) is 10.8. The molecule has 0 unspecified atom stereocenters. The van der Waals surface area contributed by atoms with Crippen molar-refractivity contribution in [3.63, 3.8) is 0 Å². The fraction of sp³-hybridized carbons (Fsp3) is 0.636. The van der Waals surface area contributed by atoms with E-state index in [1.54, 1.807) is 0 Å². The molecule has 0 fully saturated rings. The van der Waals surface area contributed by atoms with Crippen LogP contribution < -0.4 is 0 Å². The van der Waals surface area contributed by atoms with Gasteiger partial charge in [0.15, 0.2) is 0 Å². The number of hydrogen-bond donors (Lipinski definition) is 0. The van der Waals surface area contributed by atoms with E-state index in [9.17, 15) is 0 Å². The Kier molecular flexibility index (Phi) is 3.48. The van der Waals surface area contributed by atoms with Crippen LogP contribution in [-0.4, -0.2) is 9.97 Å². The molecule has 0 radical (unpaired) electrons. The molecular formula is C11H17ClN2. The Labute approximate surface area is 90.7 Å². The highest BCUT2D eigenvalue weighted by Crippen LogP contribution is 2.20. The van der Waals surface area contributed by atoms with Crippen molar-refractivity contribution in [2.75, 3.05) is 0 Å². The SMILES string of the molecule is CCCc1cc(Cl)nc(C(C)(C)C)n1. The van der Waals surface area contributed by atoms with Crippen LogP contribution in [0, 0.1) is 0 Å². The van der Waals surface area contributed by atoms with Crippen molar-refractivity contribution < 1.29 is 0 Å². The first kappa shape index (κ1) is 11.4. The van der Waals surface area contributed by atoms with Crippen molar-refractivity contribution >= 4 is 11.6 Å². The molecule has 78 valence electrons. The van der Waals surface area contributed by atoms with Crippen LogP contribution in [0.2, 0.25) is 5.15 Å². The molecule has 0 aliphatic carbocycles. The van der Waals surface area contributed by atoms with Gasteiger partial charge in [0.05, 0.1) is 0 Å². The van der Waals surface area contributed by atoms with Crippen LogP contribution >= 0.6 is 11.6 Å². The molecule has 0 atom stereocenters. The summed E-state index contributed by atoms with van der Waals surface area (Å²) in [5, 5.41) is 0.549. The van der Waals surface area contributed by atoms with E-state index in [4.69, 9.17) is 11.6 Å². The van der Waals surface area contributed by atoms with Crippen LogP contribution in [0.1, 0.15) is 45.6 Å². The molecule has 0 spiro atoms. The monoisotopic (exact) mass is 212 g/mol. The number of aryl methyl sites for hydroxylation is 1. The zero-order valence-corrected chi connectivity index (χ0v) is 10.0. The first-order valence-corrected chi connectivity index (χ1v) is 5.35. The van der Waals surface area contributed by atoms with E-state index in [1.807, 2.05) is 6.07 Å². The molecule has 14 heavy (non-hydrogen) atoms. The zero-order valence-electron chi connectivity index (χ0n) is 9.26. The van der Waals surface area contributed by atoms with Gasteiger partial charge in [0.25, 0.3) is 0 Å². The summed E-state index contributed by atoms with van der Waals surface area (Å²) < 4.78 is 0. The Morgan fingerprint density at radius 2 is 1.93 bits per heavy atom. The van der Waals surface area contributed by atoms with Crippen LogP contribution in [0.25, 0.3) is 0 Å². The lowest BCUT2D eigenvalue weighted by Gasteiger charge is -2.17. The Balaban J connectivity index is 3.07. The molecule has 0 aliphatic rings.